The molecule has 14 heteroatoms. The van der Waals surface area contributed by atoms with Crippen molar-refractivity contribution in [2.75, 3.05) is 12.0 Å². The summed E-state index contributed by atoms with van der Waals surface area (Å²) in [5, 5.41) is 25.1. The molecule has 0 radical (unpaired) electrons. The number of carbonyl (C=O) groups is 6. The van der Waals surface area contributed by atoms with E-state index in [9.17, 15) is 33.9 Å². The molecule has 0 aliphatic carbocycles. The number of nitrogens with two attached hydrogens (primary N) is 2. The average molecular weight is 492 g/mol. The van der Waals surface area contributed by atoms with Crippen LogP contribution in [0.15, 0.2) is 0 Å². The van der Waals surface area contributed by atoms with E-state index < -0.39 is 78.5 Å². The first-order valence-electron chi connectivity index (χ1n) is 10.2. The fraction of sp³-hybridized carbons (Fsp3) is 0.684. The lowest BCUT2D eigenvalue weighted by molar-refractivity contribution is -0.142. The SMILES string of the molecule is CCC(C)C(NC(=O)C(CC(N)=O)NC(=O)C(N)CC(=O)O)C(=O)NC(CCSC)C(=O)O. The lowest BCUT2D eigenvalue weighted by atomic mass is 9.97. The van der Waals surface area contributed by atoms with E-state index in [-0.39, 0.29) is 6.42 Å². The normalized spacial score (nSPS) is 15.3. The molecule has 0 aromatic carbocycles. The second kappa shape index (κ2) is 15.1. The zero-order valence-electron chi connectivity index (χ0n) is 18.8. The molecule has 188 valence electrons. The highest BCUT2D eigenvalue weighted by atomic mass is 32.2. The Labute approximate surface area is 195 Å². The molecule has 4 amide bonds. The van der Waals surface area contributed by atoms with E-state index in [1.807, 2.05) is 0 Å². The predicted octanol–water partition coefficient (Wildman–Crippen LogP) is -2.00. The summed E-state index contributed by atoms with van der Waals surface area (Å²) in [6.45, 7) is 3.42. The summed E-state index contributed by atoms with van der Waals surface area (Å²) >= 11 is 1.41. The summed E-state index contributed by atoms with van der Waals surface area (Å²) in [4.78, 5) is 71.3. The molecule has 0 aliphatic heterocycles. The number of rotatable bonds is 16. The van der Waals surface area contributed by atoms with Gasteiger partial charge in [0, 0.05) is 0 Å². The Kier molecular flexibility index (Phi) is 13.7. The van der Waals surface area contributed by atoms with E-state index in [4.69, 9.17) is 16.6 Å². The zero-order chi connectivity index (χ0) is 25.7. The van der Waals surface area contributed by atoms with Crippen molar-refractivity contribution in [1.29, 1.82) is 0 Å². The Bertz CT molecular complexity index is 735. The molecular weight excluding hydrogens is 458 g/mol. The fourth-order valence-electron chi connectivity index (χ4n) is 2.68. The van der Waals surface area contributed by atoms with Gasteiger partial charge in [-0.05, 0) is 24.3 Å². The quantitative estimate of drug-likeness (QED) is 0.125. The van der Waals surface area contributed by atoms with Gasteiger partial charge < -0.3 is 37.6 Å². The van der Waals surface area contributed by atoms with E-state index in [0.717, 1.165) is 0 Å². The minimum atomic E-state index is -1.51. The van der Waals surface area contributed by atoms with Gasteiger partial charge in [-0.25, -0.2) is 4.79 Å². The molecule has 5 atom stereocenters. The third kappa shape index (κ3) is 11.5. The van der Waals surface area contributed by atoms with E-state index in [0.29, 0.717) is 12.2 Å². The van der Waals surface area contributed by atoms with Crippen LogP contribution in [0.1, 0.15) is 39.5 Å². The standard InChI is InChI=1S/C19H33N5O8S/c1-4-9(2)15(18(30)22-11(19(31)32)5-6-33-3)24-17(29)12(8-13(21)25)23-16(28)10(20)7-14(26)27/h9-12,15H,4-8,20H2,1-3H3,(H2,21,25)(H,22,30)(H,23,28)(H,24,29)(H,26,27)(H,31,32). The topological polar surface area (TPSA) is 231 Å². The Morgan fingerprint density at radius 2 is 1.48 bits per heavy atom. The number of aliphatic carboxylic acids is 2. The number of carbonyl (C=O) groups excluding carboxylic acids is 4. The maximum absolute atomic E-state index is 12.8. The number of amides is 4. The van der Waals surface area contributed by atoms with E-state index in [1.54, 1.807) is 20.1 Å². The van der Waals surface area contributed by atoms with Crippen LogP contribution in [0.3, 0.4) is 0 Å². The Morgan fingerprint density at radius 3 is 1.94 bits per heavy atom. The van der Waals surface area contributed by atoms with Gasteiger partial charge in [0.1, 0.15) is 18.1 Å². The molecule has 33 heavy (non-hydrogen) atoms. The summed E-state index contributed by atoms with van der Waals surface area (Å²) in [5.41, 5.74) is 10.6. The van der Waals surface area contributed by atoms with Crippen molar-refractivity contribution < 1.29 is 39.0 Å². The first-order chi connectivity index (χ1) is 15.3. The van der Waals surface area contributed by atoms with Crippen LogP contribution >= 0.6 is 11.8 Å². The molecule has 0 aromatic rings. The highest BCUT2D eigenvalue weighted by Gasteiger charge is 2.33. The average Bonchev–Trinajstić information content (AvgIpc) is 2.72. The third-order valence-electron chi connectivity index (χ3n) is 4.79. The van der Waals surface area contributed by atoms with Crippen LogP contribution in [0.25, 0.3) is 0 Å². The molecule has 9 N–H and O–H groups in total. The first-order valence-corrected chi connectivity index (χ1v) is 11.6. The van der Waals surface area contributed by atoms with Gasteiger partial charge >= 0.3 is 11.9 Å². The fourth-order valence-corrected chi connectivity index (χ4v) is 3.15. The second-order valence-corrected chi connectivity index (χ2v) is 8.47. The molecule has 5 unspecified atom stereocenters. The van der Waals surface area contributed by atoms with Gasteiger partial charge in [0.15, 0.2) is 0 Å². The summed E-state index contributed by atoms with van der Waals surface area (Å²) in [7, 11) is 0. The van der Waals surface area contributed by atoms with Crippen molar-refractivity contribution in [3.05, 3.63) is 0 Å². The van der Waals surface area contributed by atoms with Crippen LogP contribution in [-0.2, 0) is 28.8 Å². The van der Waals surface area contributed by atoms with E-state index in [2.05, 4.69) is 16.0 Å². The number of primary amides is 1. The number of hydrogen-bond donors (Lipinski definition) is 7. The molecular formula is C19H33N5O8S. The Hall–Kier alpha value is -2.87. The van der Waals surface area contributed by atoms with Crippen LogP contribution in [0.2, 0.25) is 0 Å². The van der Waals surface area contributed by atoms with Crippen molar-refractivity contribution in [2.24, 2.45) is 17.4 Å². The second-order valence-electron chi connectivity index (χ2n) is 7.49. The van der Waals surface area contributed by atoms with Gasteiger partial charge in [-0.3, -0.25) is 24.0 Å². The van der Waals surface area contributed by atoms with Gasteiger partial charge in [-0.2, -0.15) is 11.8 Å². The van der Waals surface area contributed by atoms with Gasteiger partial charge in [-0.15, -0.1) is 0 Å². The Balaban J connectivity index is 5.55. The highest BCUT2D eigenvalue weighted by Crippen LogP contribution is 2.11. The van der Waals surface area contributed by atoms with Crippen molar-refractivity contribution in [3.63, 3.8) is 0 Å². The van der Waals surface area contributed by atoms with Crippen LogP contribution < -0.4 is 27.4 Å². The van der Waals surface area contributed by atoms with Crippen LogP contribution in [0.4, 0.5) is 0 Å². The lowest BCUT2D eigenvalue weighted by Crippen LogP contribution is -2.59. The van der Waals surface area contributed by atoms with E-state index >= 15 is 0 Å². The van der Waals surface area contributed by atoms with Gasteiger partial charge in [0.05, 0.1) is 18.9 Å². The summed E-state index contributed by atoms with van der Waals surface area (Å²) in [6.07, 6.45) is 1.07. The predicted molar refractivity (Wildman–Crippen MR) is 120 cm³/mol. The summed E-state index contributed by atoms with van der Waals surface area (Å²) < 4.78 is 0. The monoisotopic (exact) mass is 491 g/mol. The molecule has 13 nitrogen and oxygen atoms in total. The molecule has 0 saturated carbocycles. The van der Waals surface area contributed by atoms with Gasteiger partial charge in [-0.1, -0.05) is 20.3 Å². The smallest absolute Gasteiger partial charge is 0.326 e. The Morgan fingerprint density at radius 1 is 0.909 bits per heavy atom. The molecule has 0 spiro atoms. The van der Waals surface area contributed by atoms with Crippen LogP contribution in [0.5, 0.6) is 0 Å². The zero-order valence-corrected chi connectivity index (χ0v) is 19.6. The van der Waals surface area contributed by atoms with Crippen molar-refractivity contribution in [3.8, 4) is 0 Å². The number of thioether (sulfide) groups is 1. The van der Waals surface area contributed by atoms with Crippen LogP contribution in [-0.4, -0.2) is 82.0 Å². The summed E-state index contributed by atoms with van der Waals surface area (Å²) in [6, 6.07) is -5.32. The molecule has 0 fully saturated rings. The van der Waals surface area contributed by atoms with Gasteiger partial charge in [0.25, 0.3) is 0 Å². The van der Waals surface area contributed by atoms with Crippen molar-refractivity contribution in [2.45, 2.75) is 63.7 Å². The van der Waals surface area contributed by atoms with Crippen molar-refractivity contribution >= 4 is 47.3 Å². The maximum Gasteiger partial charge on any atom is 0.326 e. The molecule has 0 aliphatic rings. The number of nitrogens with one attached hydrogen (secondary N) is 3. The molecule has 0 rings (SSSR count). The molecule has 0 saturated heterocycles. The van der Waals surface area contributed by atoms with E-state index in [1.165, 1.54) is 11.8 Å². The minimum absolute atomic E-state index is 0.172. The largest absolute Gasteiger partial charge is 0.481 e. The molecule has 0 aromatic heterocycles. The first kappa shape index (κ1) is 30.1. The minimum Gasteiger partial charge on any atom is -0.481 e. The van der Waals surface area contributed by atoms with Crippen molar-refractivity contribution in [1.82, 2.24) is 16.0 Å². The number of carboxylic acid groups (broad SMARTS) is 2. The molecule has 0 bridgehead atoms. The number of hydrogen-bond acceptors (Lipinski definition) is 8. The van der Waals surface area contributed by atoms with Gasteiger partial charge in [0.2, 0.25) is 23.6 Å². The molecule has 0 heterocycles. The van der Waals surface area contributed by atoms with Crippen LogP contribution in [0, 0.1) is 5.92 Å². The highest BCUT2D eigenvalue weighted by molar-refractivity contribution is 7.98. The summed E-state index contributed by atoms with van der Waals surface area (Å²) in [5.74, 6) is -6.10. The lowest BCUT2D eigenvalue weighted by Gasteiger charge is -2.27. The maximum atomic E-state index is 12.8. The number of carboxylic acids is 2. The third-order valence-corrected chi connectivity index (χ3v) is 5.43.